The molecule has 5 heteroatoms. The molecule has 17 heavy (non-hydrogen) atoms. The zero-order chi connectivity index (χ0) is 12.3. The molecule has 0 bridgehead atoms. The summed E-state index contributed by atoms with van der Waals surface area (Å²) in [5.74, 6) is 1.51. The van der Waals surface area contributed by atoms with Gasteiger partial charge in [-0.3, -0.25) is 4.68 Å². The van der Waals surface area contributed by atoms with Crippen molar-refractivity contribution in [1.82, 2.24) is 14.8 Å². The van der Waals surface area contributed by atoms with Gasteiger partial charge in [-0.2, -0.15) is 5.10 Å². The maximum Gasteiger partial charge on any atom is 0.145 e. The number of nitrogens with two attached hydrogens (primary N) is 1. The molecule has 0 spiro atoms. The molecule has 0 saturated heterocycles. The maximum atomic E-state index is 5.55. The highest BCUT2D eigenvalue weighted by Crippen LogP contribution is 2.17. The van der Waals surface area contributed by atoms with Crippen LogP contribution in [0.2, 0.25) is 0 Å². The molecule has 2 aromatic rings. The molecule has 0 aliphatic heterocycles. The summed E-state index contributed by atoms with van der Waals surface area (Å²) in [4.78, 5) is 4.48. The molecule has 2 heterocycles. The number of hydrogen-bond acceptors (Lipinski definition) is 4. The van der Waals surface area contributed by atoms with Crippen LogP contribution in [0.5, 0.6) is 0 Å². The van der Waals surface area contributed by atoms with E-state index in [0.717, 1.165) is 23.0 Å². The smallest absolute Gasteiger partial charge is 0.145 e. The van der Waals surface area contributed by atoms with Crippen LogP contribution in [0.4, 0.5) is 5.82 Å². The fraction of sp³-hybridized carbons (Fsp3) is 0.333. The van der Waals surface area contributed by atoms with Gasteiger partial charge in [-0.1, -0.05) is 0 Å². The Morgan fingerprint density at radius 3 is 2.82 bits per heavy atom. The van der Waals surface area contributed by atoms with Crippen molar-refractivity contribution in [2.45, 2.75) is 25.4 Å². The van der Waals surface area contributed by atoms with Gasteiger partial charge in [0.05, 0.1) is 11.6 Å². The zero-order valence-corrected chi connectivity index (χ0v) is 10.9. The molecule has 0 saturated carbocycles. The molecule has 0 aliphatic rings. The summed E-state index contributed by atoms with van der Waals surface area (Å²) in [6.07, 6.45) is 1.89. The topological polar surface area (TPSA) is 56.7 Å². The predicted molar refractivity (Wildman–Crippen MR) is 71.1 cm³/mol. The number of aryl methyl sites for hydroxylation is 3. The van der Waals surface area contributed by atoms with Gasteiger partial charge in [-0.05, 0) is 37.6 Å². The Bertz CT molecular complexity index is 487. The maximum absolute atomic E-state index is 5.55. The predicted octanol–water partition coefficient (Wildman–Crippen LogP) is 2.27. The second kappa shape index (κ2) is 5.23. The number of rotatable bonds is 4. The van der Waals surface area contributed by atoms with Crippen LogP contribution in [0.25, 0.3) is 0 Å². The first-order chi connectivity index (χ1) is 8.13. The van der Waals surface area contributed by atoms with E-state index in [0.29, 0.717) is 5.82 Å². The lowest BCUT2D eigenvalue weighted by molar-refractivity contribution is 0.669. The van der Waals surface area contributed by atoms with Crippen molar-refractivity contribution in [3.63, 3.8) is 0 Å². The second-order valence-corrected chi connectivity index (χ2v) is 5.09. The highest BCUT2D eigenvalue weighted by molar-refractivity contribution is 7.99. The molecule has 0 fully saturated rings. The Morgan fingerprint density at radius 2 is 2.18 bits per heavy atom. The van der Waals surface area contributed by atoms with Gasteiger partial charge < -0.3 is 5.73 Å². The Morgan fingerprint density at radius 1 is 1.35 bits per heavy atom. The van der Waals surface area contributed by atoms with Crippen LogP contribution >= 0.6 is 11.8 Å². The average Bonchev–Trinajstić information content (AvgIpc) is 2.63. The third-order valence-corrected chi connectivity index (χ3v) is 3.20. The fourth-order valence-electron chi connectivity index (χ4n) is 1.62. The van der Waals surface area contributed by atoms with Gasteiger partial charge in [0.1, 0.15) is 5.82 Å². The summed E-state index contributed by atoms with van der Waals surface area (Å²) in [6.45, 7) is 4.95. The molecule has 0 atom stereocenters. The van der Waals surface area contributed by atoms with Crippen molar-refractivity contribution in [2.24, 2.45) is 0 Å². The van der Waals surface area contributed by atoms with Crippen molar-refractivity contribution in [2.75, 3.05) is 11.5 Å². The van der Waals surface area contributed by atoms with Crippen LogP contribution in [0.15, 0.2) is 29.4 Å². The monoisotopic (exact) mass is 248 g/mol. The van der Waals surface area contributed by atoms with Crippen LogP contribution in [0, 0.1) is 13.8 Å². The van der Waals surface area contributed by atoms with Gasteiger partial charge in [0.25, 0.3) is 0 Å². The second-order valence-electron chi connectivity index (χ2n) is 3.98. The van der Waals surface area contributed by atoms with E-state index in [4.69, 9.17) is 5.73 Å². The van der Waals surface area contributed by atoms with E-state index >= 15 is 0 Å². The van der Waals surface area contributed by atoms with E-state index in [-0.39, 0.29) is 0 Å². The van der Waals surface area contributed by atoms with E-state index in [1.54, 1.807) is 17.8 Å². The summed E-state index contributed by atoms with van der Waals surface area (Å²) < 4.78 is 1.85. The van der Waals surface area contributed by atoms with Gasteiger partial charge in [0.15, 0.2) is 0 Å². The largest absolute Gasteiger partial charge is 0.382 e. The molecular weight excluding hydrogens is 232 g/mol. The van der Waals surface area contributed by atoms with Crippen LogP contribution in [0.3, 0.4) is 0 Å². The number of pyridine rings is 1. The SMILES string of the molecule is Cc1cc(C)nc(SCCn2ccc(N)n2)c1. The Balaban J connectivity index is 1.89. The first-order valence-corrected chi connectivity index (χ1v) is 6.49. The lowest BCUT2D eigenvalue weighted by atomic mass is 10.3. The van der Waals surface area contributed by atoms with Crippen molar-refractivity contribution in [3.05, 3.63) is 35.7 Å². The van der Waals surface area contributed by atoms with E-state index in [2.05, 4.69) is 29.1 Å². The third kappa shape index (κ3) is 3.49. The van der Waals surface area contributed by atoms with E-state index < -0.39 is 0 Å². The summed E-state index contributed by atoms with van der Waals surface area (Å²) in [5, 5.41) is 5.21. The van der Waals surface area contributed by atoms with E-state index in [9.17, 15) is 0 Å². The lowest BCUT2D eigenvalue weighted by Gasteiger charge is -2.04. The van der Waals surface area contributed by atoms with Crippen LogP contribution in [0.1, 0.15) is 11.3 Å². The highest BCUT2D eigenvalue weighted by atomic mass is 32.2. The number of anilines is 1. The minimum Gasteiger partial charge on any atom is -0.382 e. The number of aromatic nitrogens is 3. The first kappa shape index (κ1) is 12.0. The van der Waals surface area contributed by atoms with Gasteiger partial charge in [-0.15, -0.1) is 11.8 Å². The standard InChI is InChI=1S/C12H16N4S/c1-9-7-10(2)14-12(8-9)17-6-5-16-4-3-11(13)15-16/h3-4,7-8H,5-6H2,1-2H3,(H2,13,15). The highest BCUT2D eigenvalue weighted by Gasteiger charge is 2.00. The number of hydrogen-bond donors (Lipinski definition) is 1. The quantitative estimate of drug-likeness (QED) is 0.843. The Labute approximate surface area is 105 Å². The van der Waals surface area contributed by atoms with Gasteiger partial charge in [0, 0.05) is 17.6 Å². The number of thioether (sulfide) groups is 1. The minimum atomic E-state index is 0.569. The summed E-state index contributed by atoms with van der Waals surface area (Å²) in [6, 6.07) is 5.99. The third-order valence-electron chi connectivity index (χ3n) is 2.31. The van der Waals surface area contributed by atoms with E-state index in [1.165, 1.54) is 5.56 Å². The molecule has 2 rings (SSSR count). The molecule has 2 N–H and O–H groups in total. The molecular formula is C12H16N4S. The molecule has 0 aliphatic carbocycles. The van der Waals surface area contributed by atoms with E-state index in [1.807, 2.05) is 17.8 Å². The van der Waals surface area contributed by atoms with Crippen molar-refractivity contribution < 1.29 is 0 Å². The molecule has 0 unspecified atom stereocenters. The fourth-order valence-corrected chi connectivity index (χ4v) is 2.59. The molecule has 2 aromatic heterocycles. The first-order valence-electron chi connectivity index (χ1n) is 5.50. The molecule has 0 amide bonds. The molecule has 0 aromatic carbocycles. The number of nitrogen functional groups attached to an aromatic ring is 1. The zero-order valence-electron chi connectivity index (χ0n) is 10.1. The molecule has 4 nitrogen and oxygen atoms in total. The van der Waals surface area contributed by atoms with Crippen LogP contribution in [-0.4, -0.2) is 20.5 Å². The van der Waals surface area contributed by atoms with Gasteiger partial charge in [-0.25, -0.2) is 4.98 Å². The van der Waals surface area contributed by atoms with Crippen LogP contribution < -0.4 is 5.73 Å². The summed E-state index contributed by atoms with van der Waals surface area (Å²) in [7, 11) is 0. The normalized spacial score (nSPS) is 10.7. The Kier molecular flexibility index (Phi) is 3.68. The van der Waals surface area contributed by atoms with Crippen molar-refractivity contribution in [3.8, 4) is 0 Å². The summed E-state index contributed by atoms with van der Waals surface area (Å²) >= 11 is 1.74. The van der Waals surface area contributed by atoms with Crippen molar-refractivity contribution in [1.29, 1.82) is 0 Å². The van der Waals surface area contributed by atoms with Crippen molar-refractivity contribution >= 4 is 17.6 Å². The molecule has 0 radical (unpaired) electrons. The minimum absolute atomic E-state index is 0.569. The van der Waals surface area contributed by atoms with Gasteiger partial charge in [0.2, 0.25) is 0 Å². The number of nitrogens with zero attached hydrogens (tertiary/aromatic N) is 3. The average molecular weight is 248 g/mol. The molecule has 90 valence electrons. The summed E-state index contributed by atoms with van der Waals surface area (Å²) in [5.41, 5.74) is 7.87. The Hall–Kier alpha value is -1.49. The van der Waals surface area contributed by atoms with Gasteiger partial charge >= 0.3 is 0 Å². The van der Waals surface area contributed by atoms with Crippen LogP contribution in [-0.2, 0) is 6.54 Å². The lowest BCUT2D eigenvalue weighted by Crippen LogP contribution is -2.02.